The van der Waals surface area contributed by atoms with E-state index in [-0.39, 0.29) is 18.4 Å². The van der Waals surface area contributed by atoms with E-state index in [0.717, 1.165) is 12.8 Å². The molecular formula is C14H18Cl2INO2. The van der Waals surface area contributed by atoms with Crippen LogP contribution in [0.4, 0.5) is 0 Å². The molecule has 0 radical (unpaired) electrons. The van der Waals surface area contributed by atoms with E-state index in [1.165, 1.54) is 0 Å². The third-order valence-corrected chi connectivity index (χ3v) is 5.30. The molecule has 3 nitrogen and oxygen atoms in total. The molecule has 0 saturated heterocycles. The molecule has 1 unspecified atom stereocenters. The molecule has 2 N–H and O–H groups in total. The van der Waals surface area contributed by atoms with Gasteiger partial charge < -0.3 is 10.4 Å². The summed E-state index contributed by atoms with van der Waals surface area (Å²) in [6, 6.07) is 3.18. The first kappa shape index (κ1) is 18.0. The lowest BCUT2D eigenvalue weighted by molar-refractivity contribution is 0.0816. The average molecular weight is 430 g/mol. The minimum atomic E-state index is -0.540. The molecule has 0 aliphatic heterocycles. The first-order chi connectivity index (χ1) is 9.40. The van der Waals surface area contributed by atoms with Crippen molar-refractivity contribution in [1.82, 2.24) is 5.32 Å². The van der Waals surface area contributed by atoms with Gasteiger partial charge in [0.05, 0.1) is 16.7 Å². The number of benzene rings is 1. The molecule has 0 aromatic heterocycles. The van der Waals surface area contributed by atoms with Crippen LogP contribution in [-0.2, 0) is 0 Å². The van der Waals surface area contributed by atoms with E-state index in [2.05, 4.69) is 5.32 Å². The maximum atomic E-state index is 12.1. The normalized spacial score (nSPS) is 12.6. The molecule has 1 atom stereocenters. The number of amides is 1. The van der Waals surface area contributed by atoms with Crippen molar-refractivity contribution in [3.05, 3.63) is 31.3 Å². The summed E-state index contributed by atoms with van der Waals surface area (Å²) in [5.41, 5.74) is 0.430. The third kappa shape index (κ3) is 4.76. The van der Waals surface area contributed by atoms with Crippen molar-refractivity contribution in [2.75, 3.05) is 6.54 Å². The second-order valence-corrected chi connectivity index (χ2v) is 6.53. The van der Waals surface area contributed by atoms with Crippen molar-refractivity contribution < 1.29 is 9.90 Å². The van der Waals surface area contributed by atoms with Crippen LogP contribution < -0.4 is 5.32 Å². The fraction of sp³-hybridized carbons (Fsp3) is 0.500. The van der Waals surface area contributed by atoms with E-state index in [4.69, 9.17) is 23.2 Å². The highest BCUT2D eigenvalue weighted by molar-refractivity contribution is 14.1. The molecule has 6 heteroatoms. The van der Waals surface area contributed by atoms with Crippen molar-refractivity contribution in [2.24, 2.45) is 5.92 Å². The molecule has 0 aliphatic rings. The molecule has 0 aliphatic carbocycles. The van der Waals surface area contributed by atoms with Crippen molar-refractivity contribution >= 4 is 51.7 Å². The molecule has 0 spiro atoms. The van der Waals surface area contributed by atoms with E-state index in [1.807, 2.05) is 36.4 Å². The Hall–Kier alpha value is -0.0400. The van der Waals surface area contributed by atoms with E-state index >= 15 is 0 Å². The summed E-state index contributed by atoms with van der Waals surface area (Å²) in [5.74, 6) is -0.0823. The van der Waals surface area contributed by atoms with Crippen molar-refractivity contribution in [2.45, 2.75) is 32.8 Å². The van der Waals surface area contributed by atoms with E-state index in [1.54, 1.807) is 12.1 Å². The van der Waals surface area contributed by atoms with Gasteiger partial charge in [-0.1, -0.05) is 49.9 Å². The fourth-order valence-electron chi connectivity index (χ4n) is 2.01. The number of carbonyl (C=O) groups excluding carboxylic acids is 1. The lowest BCUT2D eigenvalue weighted by atomic mass is 9.96. The smallest absolute Gasteiger partial charge is 0.252 e. The van der Waals surface area contributed by atoms with Crippen LogP contribution in [0.3, 0.4) is 0 Å². The van der Waals surface area contributed by atoms with Gasteiger partial charge in [-0.25, -0.2) is 0 Å². The van der Waals surface area contributed by atoms with Gasteiger partial charge in [0.25, 0.3) is 5.91 Å². The maximum Gasteiger partial charge on any atom is 0.252 e. The Morgan fingerprint density at radius 2 is 1.95 bits per heavy atom. The zero-order chi connectivity index (χ0) is 15.3. The number of carbonyl (C=O) groups is 1. The topological polar surface area (TPSA) is 49.3 Å². The van der Waals surface area contributed by atoms with Gasteiger partial charge in [-0.05, 0) is 40.6 Å². The van der Waals surface area contributed by atoms with Gasteiger partial charge in [0.2, 0.25) is 0 Å². The minimum Gasteiger partial charge on any atom is -0.391 e. The van der Waals surface area contributed by atoms with Crippen LogP contribution >= 0.6 is 45.8 Å². The molecular weight excluding hydrogens is 412 g/mol. The lowest BCUT2D eigenvalue weighted by Crippen LogP contribution is -2.36. The Morgan fingerprint density at radius 3 is 2.50 bits per heavy atom. The molecule has 1 amide bonds. The zero-order valence-corrected chi connectivity index (χ0v) is 15.1. The number of nitrogens with one attached hydrogen (secondary N) is 1. The van der Waals surface area contributed by atoms with Crippen LogP contribution in [0.1, 0.15) is 37.0 Å². The Balaban J connectivity index is 2.73. The Kier molecular flexibility index (Phi) is 7.58. The largest absolute Gasteiger partial charge is 0.391 e. The molecule has 0 heterocycles. The summed E-state index contributed by atoms with van der Waals surface area (Å²) in [7, 11) is 0. The van der Waals surface area contributed by atoms with Crippen molar-refractivity contribution in [3.63, 3.8) is 0 Å². The summed E-state index contributed by atoms with van der Waals surface area (Å²) >= 11 is 13.9. The van der Waals surface area contributed by atoms with Gasteiger partial charge in [-0.3, -0.25) is 4.79 Å². The molecule has 0 fully saturated rings. The molecule has 1 aromatic carbocycles. The molecule has 0 bridgehead atoms. The van der Waals surface area contributed by atoms with E-state index < -0.39 is 6.10 Å². The molecule has 1 aromatic rings. The standard InChI is InChI=1S/C14H18Cl2INO2/c1-3-8(4-2)12(19)7-18-14(20)10-5-9(15)6-11(16)13(10)17/h5-6,8,12,19H,3-4,7H2,1-2H3,(H,18,20). The Morgan fingerprint density at radius 1 is 1.35 bits per heavy atom. The van der Waals surface area contributed by atoms with Crippen LogP contribution in [0.5, 0.6) is 0 Å². The number of hydrogen-bond donors (Lipinski definition) is 2. The van der Waals surface area contributed by atoms with Gasteiger partial charge in [0, 0.05) is 15.1 Å². The lowest BCUT2D eigenvalue weighted by Gasteiger charge is -2.20. The van der Waals surface area contributed by atoms with Crippen molar-refractivity contribution in [3.8, 4) is 0 Å². The van der Waals surface area contributed by atoms with E-state index in [0.29, 0.717) is 19.2 Å². The number of hydrogen-bond acceptors (Lipinski definition) is 2. The number of aliphatic hydroxyl groups excluding tert-OH is 1. The van der Waals surface area contributed by atoms with E-state index in [9.17, 15) is 9.90 Å². The Bertz CT molecular complexity index is 478. The van der Waals surface area contributed by atoms with Gasteiger partial charge in [-0.2, -0.15) is 0 Å². The van der Waals surface area contributed by atoms with Gasteiger partial charge in [0.15, 0.2) is 0 Å². The monoisotopic (exact) mass is 429 g/mol. The van der Waals surface area contributed by atoms with Gasteiger partial charge >= 0.3 is 0 Å². The summed E-state index contributed by atoms with van der Waals surface area (Å²) < 4.78 is 0.656. The summed E-state index contributed by atoms with van der Waals surface area (Å²) in [5, 5.41) is 13.6. The number of halogens is 3. The maximum absolute atomic E-state index is 12.1. The van der Waals surface area contributed by atoms with Gasteiger partial charge in [-0.15, -0.1) is 0 Å². The van der Waals surface area contributed by atoms with Crippen LogP contribution in [0, 0.1) is 9.49 Å². The fourth-order valence-corrected chi connectivity index (χ4v) is 3.06. The SMILES string of the molecule is CCC(CC)C(O)CNC(=O)c1cc(Cl)cc(Cl)c1I. The summed E-state index contributed by atoms with van der Waals surface area (Å²) in [4.78, 5) is 12.1. The van der Waals surface area contributed by atoms with Crippen molar-refractivity contribution in [1.29, 1.82) is 0 Å². The second kappa shape index (κ2) is 8.41. The molecule has 1 rings (SSSR count). The zero-order valence-electron chi connectivity index (χ0n) is 11.4. The van der Waals surface area contributed by atoms with Crippen LogP contribution in [-0.4, -0.2) is 23.7 Å². The predicted molar refractivity (Wildman–Crippen MR) is 91.6 cm³/mol. The molecule has 20 heavy (non-hydrogen) atoms. The molecule has 0 saturated carbocycles. The quantitative estimate of drug-likeness (QED) is 0.527. The van der Waals surface area contributed by atoms with Crippen LogP contribution in [0.15, 0.2) is 12.1 Å². The third-order valence-electron chi connectivity index (χ3n) is 3.30. The van der Waals surface area contributed by atoms with Gasteiger partial charge in [0.1, 0.15) is 0 Å². The number of rotatable bonds is 6. The summed E-state index contributed by atoms with van der Waals surface area (Å²) in [6.07, 6.45) is 1.23. The number of aliphatic hydroxyl groups is 1. The minimum absolute atomic E-state index is 0.192. The highest BCUT2D eigenvalue weighted by Crippen LogP contribution is 2.26. The second-order valence-electron chi connectivity index (χ2n) is 4.60. The van der Waals surface area contributed by atoms with Crippen LogP contribution in [0.2, 0.25) is 10.0 Å². The first-order valence-electron chi connectivity index (χ1n) is 6.51. The Labute approximate surface area is 143 Å². The summed E-state index contributed by atoms with van der Waals surface area (Å²) in [6.45, 7) is 4.28. The molecule has 112 valence electrons. The predicted octanol–water partition coefficient (Wildman–Crippen LogP) is 4.12. The van der Waals surface area contributed by atoms with Crippen LogP contribution in [0.25, 0.3) is 0 Å². The highest BCUT2D eigenvalue weighted by atomic mass is 127. The average Bonchev–Trinajstić information content (AvgIpc) is 2.41. The first-order valence-corrected chi connectivity index (χ1v) is 8.34. The highest BCUT2D eigenvalue weighted by Gasteiger charge is 2.18.